The van der Waals surface area contributed by atoms with Crippen LogP contribution in [0.25, 0.3) is 11.1 Å². The first-order valence-electron chi connectivity index (χ1n) is 16.4. The zero-order chi connectivity index (χ0) is 36.3. The number of amides is 1. The Morgan fingerprint density at radius 2 is 1.62 bits per heavy atom. The maximum absolute atomic E-state index is 13.7. The predicted octanol–water partition coefficient (Wildman–Crippen LogP) is 0.907. The second-order valence-electron chi connectivity index (χ2n) is 12.6. The van der Waals surface area contributed by atoms with E-state index in [1.165, 1.54) is 53.6 Å². The number of ketones is 1. The molecule has 15 heteroatoms. The number of carbonyl (C=O) groups excluding carboxylic acids is 2. The average Bonchev–Trinajstić information content (AvgIpc) is 3.36. The fraction of sp³-hybridized carbons (Fsp3) is 0.571. The van der Waals surface area contributed by atoms with E-state index in [-0.39, 0.29) is 30.2 Å². The molecule has 0 spiro atoms. The number of Topliss-reactive ketones (excluding diaryl/α,β-unsaturated/α-hetero) is 1. The molecule has 2 aromatic rings. The van der Waals surface area contributed by atoms with Crippen LogP contribution in [-0.4, -0.2) is 118 Å². The van der Waals surface area contributed by atoms with Gasteiger partial charge in [0.1, 0.15) is 37.2 Å². The quantitative estimate of drug-likeness (QED) is 0.242. The lowest BCUT2D eigenvalue weighted by molar-refractivity contribution is -0.271. The van der Waals surface area contributed by atoms with E-state index in [9.17, 15) is 29.7 Å². The van der Waals surface area contributed by atoms with Gasteiger partial charge in [0.15, 0.2) is 23.0 Å². The highest BCUT2D eigenvalue weighted by molar-refractivity contribution is 5.84. The number of benzene rings is 1. The smallest absolute Gasteiger partial charge is 0.237 e. The van der Waals surface area contributed by atoms with Crippen LogP contribution < -0.4 is 29.7 Å². The van der Waals surface area contributed by atoms with Gasteiger partial charge in [-0.3, -0.25) is 19.2 Å². The summed E-state index contributed by atoms with van der Waals surface area (Å²) in [7, 11) is 7.42. The second-order valence-corrected chi connectivity index (χ2v) is 12.6. The molecule has 4 N–H and O–H groups in total. The SMILES string of the molecule is COc1cc2c(c(OC)c1OC)-c1ccc(OC)c(=O)cc1[C@@H](NC(=O)CN(OC)[C@H]1CC[C@@H](C3OC(C(C)=O)[C@H](O)[C@H](O)[C@@H]3O)CO1)CC2. The average molecular weight is 703 g/mol. The molecule has 2 aromatic carbocycles. The van der Waals surface area contributed by atoms with Gasteiger partial charge in [-0.05, 0) is 67.5 Å². The van der Waals surface area contributed by atoms with Gasteiger partial charge < -0.3 is 49.1 Å². The number of hydrogen-bond donors (Lipinski definition) is 4. The summed E-state index contributed by atoms with van der Waals surface area (Å²) < 4.78 is 34.2. The van der Waals surface area contributed by atoms with E-state index in [0.717, 1.165) is 5.56 Å². The monoisotopic (exact) mass is 702 g/mol. The Bertz CT molecular complexity index is 1610. The van der Waals surface area contributed by atoms with Crippen molar-refractivity contribution in [2.24, 2.45) is 5.92 Å². The molecule has 274 valence electrons. The van der Waals surface area contributed by atoms with Gasteiger partial charge in [-0.2, -0.15) is 5.06 Å². The van der Waals surface area contributed by atoms with Crippen LogP contribution in [0.3, 0.4) is 0 Å². The molecule has 15 nitrogen and oxygen atoms in total. The molecular formula is C35H46N2O13. The number of methoxy groups -OCH3 is 4. The predicted molar refractivity (Wildman–Crippen MR) is 177 cm³/mol. The maximum Gasteiger partial charge on any atom is 0.237 e. The summed E-state index contributed by atoms with van der Waals surface area (Å²) in [6.07, 6.45) is -5.55. The van der Waals surface area contributed by atoms with Crippen LogP contribution in [0.4, 0.5) is 0 Å². The number of hydroxylamine groups is 2. The summed E-state index contributed by atoms with van der Waals surface area (Å²) in [6.45, 7) is 1.12. The molecule has 1 amide bonds. The van der Waals surface area contributed by atoms with Crippen LogP contribution in [0.1, 0.15) is 43.4 Å². The number of hydrogen-bond acceptors (Lipinski definition) is 14. The summed E-state index contributed by atoms with van der Waals surface area (Å²) in [5.74, 6) is 0.200. The standard InChI is InChI=1S/C35H46N2O13/c1-17(38)32-30(42)29(41)31(43)33(50-32)19-8-12-27(49-16-19)37(48-6)15-26(40)36-22-10-7-18-13-25(45-3)34(46-4)35(47-5)28(18)20-9-11-24(44-2)23(39)14-21(20)22/h9,11,13-14,19,22,27,29-33,41-43H,7-8,10,12,15-16H2,1-6H3,(H,36,40)/t19-,22+,27-,29+,30-,31+,32?,33?/m1/s1. The Morgan fingerprint density at radius 3 is 2.22 bits per heavy atom. The first-order chi connectivity index (χ1) is 24.0. The molecular weight excluding hydrogens is 656 g/mol. The molecule has 2 saturated heterocycles. The van der Waals surface area contributed by atoms with E-state index in [1.807, 2.05) is 6.07 Å². The van der Waals surface area contributed by atoms with E-state index in [1.54, 1.807) is 12.1 Å². The second kappa shape index (κ2) is 16.0. The third-order valence-corrected chi connectivity index (χ3v) is 9.71. The lowest BCUT2D eigenvalue weighted by atomic mass is 9.84. The zero-order valence-corrected chi connectivity index (χ0v) is 29.0. The van der Waals surface area contributed by atoms with Crippen molar-refractivity contribution < 1.29 is 58.2 Å². The summed E-state index contributed by atoms with van der Waals surface area (Å²) >= 11 is 0. The van der Waals surface area contributed by atoms with Gasteiger partial charge in [-0.25, -0.2) is 0 Å². The molecule has 8 atom stereocenters. The molecule has 1 aliphatic carbocycles. The number of aliphatic hydroxyl groups is 3. The van der Waals surface area contributed by atoms with Crippen molar-refractivity contribution in [2.45, 2.75) is 75.4 Å². The lowest BCUT2D eigenvalue weighted by Gasteiger charge is -2.45. The minimum Gasteiger partial charge on any atom is -0.493 e. The fourth-order valence-corrected chi connectivity index (χ4v) is 7.16. The molecule has 2 unspecified atom stereocenters. The van der Waals surface area contributed by atoms with Gasteiger partial charge in [-0.1, -0.05) is 6.07 Å². The lowest BCUT2D eigenvalue weighted by Crippen LogP contribution is -2.62. The molecule has 0 saturated carbocycles. The molecule has 5 rings (SSSR count). The van der Waals surface area contributed by atoms with Crippen molar-refractivity contribution in [1.29, 1.82) is 0 Å². The summed E-state index contributed by atoms with van der Waals surface area (Å²) in [4.78, 5) is 44.4. The molecule has 50 heavy (non-hydrogen) atoms. The molecule has 2 heterocycles. The van der Waals surface area contributed by atoms with Gasteiger partial charge in [-0.15, -0.1) is 0 Å². The van der Waals surface area contributed by atoms with Crippen molar-refractivity contribution in [3.8, 4) is 34.1 Å². The number of aliphatic hydroxyl groups excluding tert-OH is 3. The third kappa shape index (κ3) is 7.30. The van der Waals surface area contributed by atoms with E-state index in [4.69, 9.17) is 33.3 Å². The maximum atomic E-state index is 13.7. The Morgan fingerprint density at radius 1 is 0.900 bits per heavy atom. The summed E-state index contributed by atoms with van der Waals surface area (Å²) in [5, 5.41) is 35.6. The van der Waals surface area contributed by atoms with Gasteiger partial charge in [0, 0.05) is 11.5 Å². The molecule has 2 fully saturated rings. The number of ether oxygens (including phenoxy) is 6. The van der Waals surface area contributed by atoms with Gasteiger partial charge in [0.25, 0.3) is 0 Å². The molecule has 0 bridgehead atoms. The van der Waals surface area contributed by atoms with Crippen LogP contribution >= 0.6 is 0 Å². The fourth-order valence-electron chi connectivity index (χ4n) is 7.16. The Labute approximate surface area is 289 Å². The molecule has 3 aliphatic rings. The van der Waals surface area contributed by atoms with Crippen LogP contribution in [0, 0.1) is 5.92 Å². The van der Waals surface area contributed by atoms with E-state index < -0.39 is 54.5 Å². The van der Waals surface area contributed by atoms with Crippen LogP contribution in [0.2, 0.25) is 0 Å². The largest absolute Gasteiger partial charge is 0.493 e. The van der Waals surface area contributed by atoms with Crippen LogP contribution in [0.5, 0.6) is 23.0 Å². The van der Waals surface area contributed by atoms with Gasteiger partial charge in [0.05, 0.1) is 54.3 Å². The van der Waals surface area contributed by atoms with Crippen LogP contribution in [-0.2, 0) is 30.3 Å². The highest BCUT2D eigenvalue weighted by Gasteiger charge is 2.49. The van der Waals surface area contributed by atoms with Crippen molar-refractivity contribution >= 4 is 11.7 Å². The highest BCUT2D eigenvalue weighted by atomic mass is 16.7. The number of fused-ring (bicyclic) bond motifs is 3. The Balaban J connectivity index is 1.34. The number of rotatable bonds is 11. The molecule has 0 radical (unpaired) electrons. The van der Waals surface area contributed by atoms with Crippen molar-refractivity contribution in [2.75, 3.05) is 48.7 Å². The van der Waals surface area contributed by atoms with E-state index in [0.29, 0.717) is 59.6 Å². The van der Waals surface area contributed by atoms with Crippen LogP contribution in [0.15, 0.2) is 29.1 Å². The van der Waals surface area contributed by atoms with E-state index >= 15 is 0 Å². The minimum absolute atomic E-state index is 0.0783. The normalized spacial score (nSPS) is 27.7. The molecule has 0 aromatic heterocycles. The third-order valence-electron chi connectivity index (χ3n) is 9.71. The number of nitrogens with one attached hydrogen (secondary N) is 1. The number of aryl methyl sites for hydroxylation is 1. The molecule has 2 aliphatic heterocycles. The summed E-state index contributed by atoms with van der Waals surface area (Å²) in [6, 6.07) is 6.11. The van der Waals surface area contributed by atoms with Gasteiger partial charge >= 0.3 is 0 Å². The number of carbonyl (C=O) groups is 2. The Kier molecular flexibility index (Phi) is 12.0. The first kappa shape index (κ1) is 37.4. The topological polar surface area (TPSA) is 192 Å². The summed E-state index contributed by atoms with van der Waals surface area (Å²) in [5.41, 5.74) is 2.45. The van der Waals surface area contributed by atoms with E-state index in [2.05, 4.69) is 5.32 Å². The highest BCUT2D eigenvalue weighted by Crippen LogP contribution is 2.50. The minimum atomic E-state index is -1.55. The number of nitrogens with zero attached hydrogens (tertiary/aromatic N) is 1. The Hall–Kier alpha value is -3.83. The van der Waals surface area contributed by atoms with Crippen molar-refractivity contribution in [3.05, 3.63) is 45.6 Å². The zero-order valence-electron chi connectivity index (χ0n) is 29.0. The van der Waals surface area contributed by atoms with Crippen molar-refractivity contribution in [1.82, 2.24) is 10.4 Å². The van der Waals surface area contributed by atoms with Gasteiger partial charge in [0.2, 0.25) is 17.1 Å². The first-order valence-corrected chi connectivity index (χ1v) is 16.4. The van der Waals surface area contributed by atoms with Crippen molar-refractivity contribution in [3.63, 3.8) is 0 Å².